The van der Waals surface area contributed by atoms with Gasteiger partial charge in [0.2, 0.25) is 5.91 Å². The topological polar surface area (TPSA) is 55.1 Å². The number of piperidine rings is 1. The molecule has 1 saturated heterocycles. The van der Waals surface area contributed by atoms with Gasteiger partial charge < -0.3 is 11.1 Å². The van der Waals surface area contributed by atoms with Gasteiger partial charge in [-0.2, -0.15) is 0 Å². The normalized spacial score (nSPS) is 34.6. The third-order valence-electron chi connectivity index (χ3n) is 3.92. The van der Waals surface area contributed by atoms with Crippen LogP contribution < -0.4 is 11.1 Å². The van der Waals surface area contributed by atoms with Crippen LogP contribution in [-0.2, 0) is 4.79 Å². The molecule has 1 aliphatic heterocycles. The molecule has 0 spiro atoms. The molecule has 1 saturated carbocycles. The molecular weight excluding hydrogens is 188 g/mol. The zero-order valence-corrected chi connectivity index (χ0v) is 9.37. The molecule has 0 aromatic carbocycles. The quantitative estimate of drug-likeness (QED) is 0.645. The largest absolute Gasteiger partial charge is 0.352 e. The van der Waals surface area contributed by atoms with Crippen molar-refractivity contribution in [2.75, 3.05) is 0 Å². The first-order valence-electron chi connectivity index (χ1n) is 6.33. The molecule has 3 N–H and O–H groups in total. The van der Waals surface area contributed by atoms with Crippen LogP contribution in [0.4, 0.5) is 0 Å². The number of nitrogens with one attached hydrogen (secondary N) is 1. The molecule has 15 heavy (non-hydrogen) atoms. The molecule has 2 aliphatic rings. The molecule has 0 aromatic rings. The van der Waals surface area contributed by atoms with Gasteiger partial charge in [-0.3, -0.25) is 4.79 Å². The Hall–Kier alpha value is -0.570. The zero-order valence-electron chi connectivity index (χ0n) is 9.37. The van der Waals surface area contributed by atoms with Crippen molar-refractivity contribution in [2.24, 2.45) is 11.7 Å². The Balaban J connectivity index is 1.89. The highest BCUT2D eigenvalue weighted by atomic mass is 16.2. The fraction of sp³-hybridized carbons (Fsp3) is 0.917. The van der Waals surface area contributed by atoms with Crippen molar-refractivity contribution in [3.8, 4) is 0 Å². The highest BCUT2D eigenvalue weighted by Crippen LogP contribution is 2.28. The second-order valence-corrected chi connectivity index (χ2v) is 5.05. The predicted molar refractivity (Wildman–Crippen MR) is 60.3 cm³/mol. The molecule has 0 radical (unpaired) electrons. The van der Waals surface area contributed by atoms with Crippen LogP contribution in [0.3, 0.4) is 0 Å². The summed E-state index contributed by atoms with van der Waals surface area (Å²) in [5.41, 5.74) is 5.69. The van der Waals surface area contributed by atoms with E-state index in [1.54, 1.807) is 0 Å². The summed E-state index contributed by atoms with van der Waals surface area (Å²) in [5.74, 6) is 0.777. The number of rotatable bonds is 1. The van der Waals surface area contributed by atoms with Crippen LogP contribution in [0.25, 0.3) is 0 Å². The fourth-order valence-corrected chi connectivity index (χ4v) is 2.92. The van der Waals surface area contributed by atoms with E-state index in [2.05, 4.69) is 5.32 Å². The third-order valence-corrected chi connectivity index (χ3v) is 3.92. The van der Waals surface area contributed by atoms with Gasteiger partial charge in [-0.25, -0.2) is 0 Å². The highest BCUT2D eigenvalue weighted by Gasteiger charge is 2.30. The molecule has 2 unspecified atom stereocenters. The molecule has 2 atom stereocenters. The van der Waals surface area contributed by atoms with Gasteiger partial charge in [-0.15, -0.1) is 0 Å². The lowest BCUT2D eigenvalue weighted by molar-refractivity contribution is -0.125. The smallest absolute Gasteiger partial charge is 0.237 e. The van der Waals surface area contributed by atoms with Gasteiger partial charge in [0.1, 0.15) is 0 Å². The fourth-order valence-electron chi connectivity index (χ4n) is 2.92. The Morgan fingerprint density at radius 3 is 2.27 bits per heavy atom. The molecule has 2 rings (SSSR count). The van der Waals surface area contributed by atoms with E-state index >= 15 is 0 Å². The van der Waals surface area contributed by atoms with Crippen molar-refractivity contribution in [2.45, 2.75) is 63.5 Å². The van der Waals surface area contributed by atoms with Gasteiger partial charge >= 0.3 is 0 Å². The number of amides is 1. The van der Waals surface area contributed by atoms with E-state index in [0.717, 1.165) is 12.8 Å². The maximum atomic E-state index is 11.5. The molecule has 2 fully saturated rings. The molecule has 86 valence electrons. The van der Waals surface area contributed by atoms with Gasteiger partial charge in [-0.1, -0.05) is 25.7 Å². The number of carbonyl (C=O) groups excluding carboxylic acids is 1. The summed E-state index contributed by atoms with van der Waals surface area (Å²) >= 11 is 0. The van der Waals surface area contributed by atoms with Crippen LogP contribution in [0.5, 0.6) is 0 Å². The monoisotopic (exact) mass is 210 g/mol. The van der Waals surface area contributed by atoms with E-state index in [1.165, 1.54) is 38.5 Å². The second-order valence-electron chi connectivity index (χ2n) is 5.05. The van der Waals surface area contributed by atoms with E-state index in [4.69, 9.17) is 5.73 Å². The summed E-state index contributed by atoms with van der Waals surface area (Å²) in [5, 5.41) is 3.10. The number of carbonyl (C=O) groups is 1. The van der Waals surface area contributed by atoms with Crippen LogP contribution in [0.15, 0.2) is 0 Å². The first-order chi connectivity index (χ1) is 7.27. The Labute approximate surface area is 91.8 Å². The van der Waals surface area contributed by atoms with Gasteiger partial charge in [0.05, 0.1) is 6.04 Å². The summed E-state index contributed by atoms with van der Waals surface area (Å²) in [6.45, 7) is 0. The third kappa shape index (κ3) is 2.71. The maximum Gasteiger partial charge on any atom is 0.237 e. The summed E-state index contributed by atoms with van der Waals surface area (Å²) in [6, 6.07) is 0.155. The minimum Gasteiger partial charge on any atom is -0.352 e. The van der Waals surface area contributed by atoms with E-state index < -0.39 is 0 Å². The van der Waals surface area contributed by atoms with Gasteiger partial charge in [0, 0.05) is 6.04 Å². The number of hydrogen-bond donors (Lipinski definition) is 2. The summed E-state index contributed by atoms with van der Waals surface area (Å²) in [4.78, 5) is 11.5. The molecule has 0 aromatic heterocycles. The zero-order chi connectivity index (χ0) is 10.7. The highest BCUT2D eigenvalue weighted by molar-refractivity contribution is 5.82. The first kappa shape index (κ1) is 10.9. The Bertz CT molecular complexity index is 222. The molecular formula is C12H22N2O. The average molecular weight is 210 g/mol. The van der Waals surface area contributed by atoms with Crippen molar-refractivity contribution in [1.82, 2.24) is 5.32 Å². The van der Waals surface area contributed by atoms with Crippen LogP contribution in [0.1, 0.15) is 51.4 Å². The summed E-state index contributed by atoms with van der Waals surface area (Å²) in [6.07, 6.45) is 9.95. The molecule has 3 heteroatoms. The number of hydrogen-bond acceptors (Lipinski definition) is 2. The average Bonchev–Trinajstić information content (AvgIpc) is 2.50. The molecule has 1 heterocycles. The van der Waals surface area contributed by atoms with E-state index in [9.17, 15) is 4.79 Å². The molecule has 1 aliphatic carbocycles. The van der Waals surface area contributed by atoms with E-state index in [1.807, 2.05) is 0 Å². The lowest BCUT2D eigenvalue weighted by Gasteiger charge is -2.32. The van der Waals surface area contributed by atoms with Crippen molar-refractivity contribution in [1.29, 1.82) is 0 Å². The van der Waals surface area contributed by atoms with E-state index in [-0.39, 0.29) is 11.9 Å². The van der Waals surface area contributed by atoms with Crippen LogP contribution in [-0.4, -0.2) is 18.0 Å². The molecule has 3 nitrogen and oxygen atoms in total. The van der Waals surface area contributed by atoms with Gasteiger partial charge in [-0.05, 0) is 31.6 Å². The Morgan fingerprint density at radius 1 is 1.00 bits per heavy atom. The summed E-state index contributed by atoms with van der Waals surface area (Å²) < 4.78 is 0. The predicted octanol–water partition coefficient (Wildman–Crippen LogP) is 1.56. The first-order valence-corrected chi connectivity index (χ1v) is 6.33. The Kier molecular flexibility index (Phi) is 3.62. The maximum absolute atomic E-state index is 11.5. The minimum atomic E-state index is -0.257. The molecule has 1 amide bonds. The van der Waals surface area contributed by atoms with Crippen molar-refractivity contribution < 1.29 is 4.79 Å². The van der Waals surface area contributed by atoms with Crippen LogP contribution in [0, 0.1) is 5.92 Å². The minimum absolute atomic E-state index is 0.0653. The van der Waals surface area contributed by atoms with Crippen molar-refractivity contribution >= 4 is 5.91 Å². The van der Waals surface area contributed by atoms with Gasteiger partial charge in [0.15, 0.2) is 0 Å². The van der Waals surface area contributed by atoms with Crippen LogP contribution >= 0.6 is 0 Å². The lowest BCUT2D eigenvalue weighted by Crippen LogP contribution is -2.52. The SMILES string of the molecule is NC1CCC(C2CCCCCC2)NC1=O. The lowest BCUT2D eigenvalue weighted by atomic mass is 9.85. The van der Waals surface area contributed by atoms with Crippen molar-refractivity contribution in [3.05, 3.63) is 0 Å². The van der Waals surface area contributed by atoms with Gasteiger partial charge in [0.25, 0.3) is 0 Å². The van der Waals surface area contributed by atoms with Crippen molar-refractivity contribution in [3.63, 3.8) is 0 Å². The molecule has 0 bridgehead atoms. The van der Waals surface area contributed by atoms with Crippen LogP contribution in [0.2, 0.25) is 0 Å². The number of nitrogens with two attached hydrogens (primary N) is 1. The van der Waals surface area contributed by atoms with E-state index in [0.29, 0.717) is 12.0 Å². The summed E-state index contributed by atoms with van der Waals surface area (Å²) in [7, 11) is 0. The Morgan fingerprint density at radius 2 is 1.67 bits per heavy atom. The second kappa shape index (κ2) is 4.97. The standard InChI is InChI=1S/C12H22N2O/c13-10-7-8-11(14-12(10)15)9-5-3-1-2-4-6-9/h9-11H,1-8,13H2,(H,14,15).